The molecule has 2 aromatic carbocycles. The Kier molecular flexibility index (Phi) is 8.71. The molecule has 30 heavy (non-hydrogen) atoms. The molecule has 2 amide bonds. The van der Waals surface area contributed by atoms with E-state index >= 15 is 0 Å². The molecule has 0 bridgehead atoms. The Labute approximate surface area is 180 Å². The molecule has 0 saturated heterocycles. The van der Waals surface area contributed by atoms with Crippen molar-refractivity contribution in [3.63, 3.8) is 0 Å². The van der Waals surface area contributed by atoms with Crippen LogP contribution in [0.25, 0.3) is 0 Å². The third kappa shape index (κ3) is 7.48. The standard InChI is InChI=1S/C22H23N3O4S/c1-3-29-20(27)14-13-19(26)25-22(30)24-18-11-9-17(10-12-18)21(28)23-15(2)16-7-5-4-6-8-16/h4-15H,3H2,1-2H3,(H,23,28)(H2,24,25,26,30)/b14-13+. The van der Waals surface area contributed by atoms with Crippen molar-refractivity contribution in [1.29, 1.82) is 0 Å². The van der Waals surface area contributed by atoms with Crippen molar-refractivity contribution in [3.8, 4) is 0 Å². The highest BCUT2D eigenvalue weighted by atomic mass is 32.1. The Morgan fingerprint density at radius 2 is 1.70 bits per heavy atom. The molecule has 0 aliphatic rings. The van der Waals surface area contributed by atoms with Crippen LogP contribution in [0.4, 0.5) is 5.69 Å². The summed E-state index contributed by atoms with van der Waals surface area (Å²) < 4.78 is 4.69. The number of benzene rings is 2. The lowest BCUT2D eigenvalue weighted by Crippen LogP contribution is -2.33. The predicted octanol–water partition coefficient (Wildman–Crippen LogP) is 3.11. The molecule has 0 aliphatic heterocycles. The van der Waals surface area contributed by atoms with Crippen LogP contribution in [0.5, 0.6) is 0 Å². The van der Waals surface area contributed by atoms with Crippen LogP contribution in [0.3, 0.4) is 0 Å². The van der Waals surface area contributed by atoms with Gasteiger partial charge in [0.2, 0.25) is 5.91 Å². The first kappa shape index (κ1) is 22.8. The predicted molar refractivity (Wildman–Crippen MR) is 119 cm³/mol. The second-order valence-corrected chi connectivity index (χ2v) is 6.62. The fraction of sp³-hybridized carbons (Fsp3) is 0.182. The molecule has 2 rings (SSSR count). The monoisotopic (exact) mass is 425 g/mol. The van der Waals surface area contributed by atoms with E-state index in [4.69, 9.17) is 12.2 Å². The number of hydrogen-bond donors (Lipinski definition) is 3. The highest BCUT2D eigenvalue weighted by molar-refractivity contribution is 7.80. The summed E-state index contributed by atoms with van der Waals surface area (Å²) >= 11 is 5.07. The van der Waals surface area contributed by atoms with Crippen LogP contribution < -0.4 is 16.0 Å². The number of rotatable bonds is 7. The maximum atomic E-state index is 12.4. The van der Waals surface area contributed by atoms with Crippen LogP contribution in [0.1, 0.15) is 35.8 Å². The van der Waals surface area contributed by atoms with E-state index in [9.17, 15) is 14.4 Å². The van der Waals surface area contributed by atoms with Crippen molar-refractivity contribution in [2.24, 2.45) is 0 Å². The molecule has 0 heterocycles. The van der Waals surface area contributed by atoms with E-state index in [1.54, 1.807) is 31.2 Å². The van der Waals surface area contributed by atoms with Gasteiger partial charge >= 0.3 is 5.97 Å². The third-order valence-corrected chi connectivity index (χ3v) is 4.15. The molecule has 156 valence electrons. The molecule has 0 aliphatic carbocycles. The zero-order valence-electron chi connectivity index (χ0n) is 16.7. The molecule has 8 heteroatoms. The molecule has 0 fully saturated rings. The van der Waals surface area contributed by atoms with Gasteiger partial charge in [-0.3, -0.25) is 14.9 Å². The number of nitrogens with one attached hydrogen (secondary N) is 3. The van der Waals surface area contributed by atoms with Crippen molar-refractivity contribution in [2.75, 3.05) is 11.9 Å². The first-order valence-electron chi connectivity index (χ1n) is 9.31. The van der Waals surface area contributed by atoms with Crippen LogP contribution in [-0.2, 0) is 14.3 Å². The number of hydrogen-bond acceptors (Lipinski definition) is 5. The van der Waals surface area contributed by atoms with Gasteiger partial charge in [-0.25, -0.2) is 4.79 Å². The lowest BCUT2D eigenvalue weighted by atomic mass is 10.1. The van der Waals surface area contributed by atoms with Gasteiger partial charge in [-0.2, -0.15) is 0 Å². The summed E-state index contributed by atoms with van der Waals surface area (Å²) in [5.41, 5.74) is 2.11. The summed E-state index contributed by atoms with van der Waals surface area (Å²) in [5, 5.41) is 8.25. The van der Waals surface area contributed by atoms with E-state index in [0.29, 0.717) is 11.3 Å². The van der Waals surface area contributed by atoms with Gasteiger partial charge in [0.1, 0.15) is 0 Å². The molecule has 1 atom stereocenters. The largest absolute Gasteiger partial charge is 0.463 e. The van der Waals surface area contributed by atoms with Crippen molar-refractivity contribution in [2.45, 2.75) is 19.9 Å². The number of carbonyl (C=O) groups is 3. The first-order valence-corrected chi connectivity index (χ1v) is 9.72. The SMILES string of the molecule is CCOC(=O)/C=C/C(=O)NC(=S)Nc1ccc(C(=O)NC(C)c2ccccc2)cc1. The first-order chi connectivity index (χ1) is 14.4. The molecular formula is C22H23N3O4S. The van der Waals surface area contributed by atoms with Gasteiger partial charge in [0, 0.05) is 23.4 Å². The molecule has 0 aromatic heterocycles. The van der Waals surface area contributed by atoms with Gasteiger partial charge in [-0.05, 0) is 55.9 Å². The van der Waals surface area contributed by atoms with Gasteiger partial charge in [0.05, 0.1) is 12.6 Å². The lowest BCUT2D eigenvalue weighted by Gasteiger charge is -2.14. The van der Waals surface area contributed by atoms with Gasteiger partial charge < -0.3 is 15.4 Å². The number of ether oxygens (including phenoxy) is 1. The summed E-state index contributed by atoms with van der Waals surface area (Å²) in [6.45, 7) is 3.81. The molecule has 3 N–H and O–H groups in total. The molecule has 7 nitrogen and oxygen atoms in total. The van der Waals surface area contributed by atoms with E-state index in [2.05, 4.69) is 20.7 Å². The maximum Gasteiger partial charge on any atom is 0.330 e. The van der Waals surface area contributed by atoms with Gasteiger partial charge in [0.25, 0.3) is 5.91 Å². The average molecular weight is 426 g/mol. The molecular weight excluding hydrogens is 402 g/mol. The van der Waals surface area contributed by atoms with E-state index in [1.807, 2.05) is 37.3 Å². The Hall–Kier alpha value is -3.52. The van der Waals surface area contributed by atoms with Crippen LogP contribution in [0, 0.1) is 0 Å². The summed E-state index contributed by atoms with van der Waals surface area (Å²) in [6, 6.07) is 16.2. The second-order valence-electron chi connectivity index (χ2n) is 6.21. The number of thiocarbonyl (C=S) groups is 1. The zero-order valence-corrected chi connectivity index (χ0v) is 17.5. The molecule has 0 radical (unpaired) electrons. The minimum atomic E-state index is -0.609. The smallest absolute Gasteiger partial charge is 0.330 e. The highest BCUT2D eigenvalue weighted by Crippen LogP contribution is 2.14. The van der Waals surface area contributed by atoms with Crippen molar-refractivity contribution < 1.29 is 19.1 Å². The van der Waals surface area contributed by atoms with Crippen LogP contribution in [0.2, 0.25) is 0 Å². The van der Waals surface area contributed by atoms with E-state index in [0.717, 1.165) is 17.7 Å². The Morgan fingerprint density at radius 1 is 1.03 bits per heavy atom. The summed E-state index contributed by atoms with van der Waals surface area (Å²) in [5.74, 6) is -1.37. The quantitative estimate of drug-likeness (QED) is 0.358. The lowest BCUT2D eigenvalue weighted by molar-refractivity contribution is -0.137. The zero-order chi connectivity index (χ0) is 21.9. The molecule has 2 aromatic rings. The van der Waals surface area contributed by atoms with Crippen LogP contribution in [-0.4, -0.2) is 29.5 Å². The van der Waals surface area contributed by atoms with Gasteiger partial charge in [0.15, 0.2) is 5.11 Å². The van der Waals surface area contributed by atoms with Crippen molar-refractivity contribution in [3.05, 3.63) is 77.9 Å². The minimum absolute atomic E-state index is 0.0587. The van der Waals surface area contributed by atoms with E-state index < -0.39 is 11.9 Å². The Bertz CT molecular complexity index is 927. The van der Waals surface area contributed by atoms with Crippen molar-refractivity contribution in [1.82, 2.24) is 10.6 Å². The van der Waals surface area contributed by atoms with Crippen LogP contribution >= 0.6 is 12.2 Å². The Morgan fingerprint density at radius 3 is 2.33 bits per heavy atom. The molecule has 1 unspecified atom stereocenters. The Balaban J connectivity index is 1.86. The van der Waals surface area contributed by atoms with E-state index in [-0.39, 0.29) is 23.7 Å². The molecule has 0 spiro atoms. The van der Waals surface area contributed by atoms with E-state index in [1.165, 1.54) is 0 Å². The minimum Gasteiger partial charge on any atom is -0.463 e. The highest BCUT2D eigenvalue weighted by Gasteiger charge is 2.11. The van der Waals surface area contributed by atoms with Gasteiger partial charge in [-0.1, -0.05) is 30.3 Å². The fourth-order valence-corrected chi connectivity index (χ4v) is 2.68. The number of esters is 1. The topological polar surface area (TPSA) is 96.5 Å². The second kappa shape index (κ2) is 11.5. The number of amides is 2. The van der Waals surface area contributed by atoms with Gasteiger partial charge in [-0.15, -0.1) is 0 Å². The summed E-state index contributed by atoms with van der Waals surface area (Å²) in [4.78, 5) is 35.3. The number of carbonyl (C=O) groups excluding carboxylic acids is 3. The molecule has 0 saturated carbocycles. The summed E-state index contributed by atoms with van der Waals surface area (Å²) in [6.07, 6.45) is 2.05. The van der Waals surface area contributed by atoms with Crippen molar-refractivity contribution >= 4 is 40.8 Å². The third-order valence-electron chi connectivity index (χ3n) is 3.95. The summed E-state index contributed by atoms with van der Waals surface area (Å²) in [7, 11) is 0. The normalized spacial score (nSPS) is 11.4. The average Bonchev–Trinajstić information content (AvgIpc) is 2.73. The maximum absolute atomic E-state index is 12.4. The fourth-order valence-electron chi connectivity index (χ4n) is 2.46. The number of anilines is 1. The van der Waals surface area contributed by atoms with Crippen LogP contribution in [0.15, 0.2) is 66.7 Å².